The number of aromatic nitrogens is 3. The molecule has 2 aromatic carbocycles. The molecule has 0 bridgehead atoms. The summed E-state index contributed by atoms with van der Waals surface area (Å²) in [6.07, 6.45) is 2.73. The van der Waals surface area contributed by atoms with Gasteiger partial charge in [0.1, 0.15) is 11.9 Å². The molecule has 31 heavy (non-hydrogen) atoms. The maximum absolute atomic E-state index is 14.8. The first-order chi connectivity index (χ1) is 15.1. The van der Waals surface area contributed by atoms with Crippen LogP contribution in [-0.2, 0) is 0 Å². The summed E-state index contributed by atoms with van der Waals surface area (Å²) in [4.78, 5) is 11.7. The molecule has 0 amide bonds. The normalized spacial score (nSPS) is 15.9. The first-order valence-corrected chi connectivity index (χ1v) is 10.2. The summed E-state index contributed by atoms with van der Waals surface area (Å²) in [5.41, 5.74) is 2.40. The zero-order chi connectivity index (χ0) is 21.2. The fourth-order valence-corrected chi connectivity index (χ4v) is 3.64. The maximum atomic E-state index is 14.8. The van der Waals surface area contributed by atoms with Gasteiger partial charge in [0, 0.05) is 47.2 Å². The van der Waals surface area contributed by atoms with Crippen LogP contribution < -0.4 is 20.1 Å². The summed E-state index contributed by atoms with van der Waals surface area (Å²) < 4.78 is 26.5. The number of hydrogen-bond donors (Lipinski definition) is 3. The van der Waals surface area contributed by atoms with Crippen molar-refractivity contribution in [3.8, 4) is 17.4 Å². The van der Waals surface area contributed by atoms with Gasteiger partial charge in [-0.05, 0) is 50.2 Å². The molecule has 7 nitrogen and oxygen atoms in total. The lowest BCUT2D eigenvalue weighted by Crippen LogP contribution is -2.19. The molecule has 0 spiro atoms. The van der Waals surface area contributed by atoms with Crippen LogP contribution in [0, 0.1) is 12.7 Å². The molecule has 8 heteroatoms. The van der Waals surface area contributed by atoms with E-state index in [1.165, 1.54) is 0 Å². The second kappa shape index (κ2) is 8.23. The van der Waals surface area contributed by atoms with Crippen molar-refractivity contribution in [2.45, 2.75) is 19.4 Å². The van der Waals surface area contributed by atoms with E-state index < -0.39 is 5.82 Å². The molecular formula is C23H22FN5O2. The number of aromatic amines is 1. The van der Waals surface area contributed by atoms with Crippen LogP contribution in [0.4, 0.5) is 16.0 Å². The van der Waals surface area contributed by atoms with Gasteiger partial charge in [-0.3, -0.25) is 0 Å². The number of ether oxygens (including phenoxy) is 2. The summed E-state index contributed by atoms with van der Waals surface area (Å²) >= 11 is 0. The Balaban J connectivity index is 1.32. The lowest BCUT2D eigenvalue weighted by Gasteiger charge is -2.14. The third-order valence-electron chi connectivity index (χ3n) is 5.09. The van der Waals surface area contributed by atoms with Crippen LogP contribution in [0.1, 0.15) is 12.1 Å². The molecule has 0 radical (unpaired) electrons. The number of nitrogens with one attached hydrogen (secondary N) is 3. The van der Waals surface area contributed by atoms with Gasteiger partial charge in [-0.25, -0.2) is 9.37 Å². The van der Waals surface area contributed by atoms with Gasteiger partial charge in [-0.1, -0.05) is 6.07 Å². The molecule has 1 aliphatic rings. The van der Waals surface area contributed by atoms with Crippen molar-refractivity contribution in [2.24, 2.45) is 0 Å². The number of rotatable bonds is 6. The van der Waals surface area contributed by atoms with Crippen LogP contribution in [0.2, 0.25) is 0 Å². The van der Waals surface area contributed by atoms with E-state index in [2.05, 4.69) is 25.6 Å². The van der Waals surface area contributed by atoms with Crippen LogP contribution >= 0.6 is 0 Å². The van der Waals surface area contributed by atoms with Gasteiger partial charge in [0.15, 0.2) is 11.6 Å². The summed E-state index contributed by atoms with van der Waals surface area (Å²) in [5, 5.41) is 6.91. The molecule has 1 aliphatic heterocycles. The Morgan fingerprint density at radius 2 is 2.10 bits per heavy atom. The zero-order valence-electron chi connectivity index (χ0n) is 17.0. The third kappa shape index (κ3) is 4.29. The molecule has 1 fully saturated rings. The monoisotopic (exact) mass is 419 g/mol. The van der Waals surface area contributed by atoms with Gasteiger partial charge < -0.3 is 25.1 Å². The van der Waals surface area contributed by atoms with E-state index in [9.17, 15) is 4.39 Å². The minimum Gasteiger partial charge on any atom is -0.489 e. The van der Waals surface area contributed by atoms with Crippen LogP contribution in [0.5, 0.6) is 17.4 Å². The standard InChI is InChI=1S/C23H22FN5O2/c1-14-11-18-19(27-14)5-6-20(22(18)24)31-21-8-10-26-23(29-21)28-15-3-2-4-16(12-15)30-17-7-9-25-13-17/h2-6,8,10-12,17,25,27H,7,9,13H2,1H3,(H,26,28,29)/t17-/m1/s1. The highest BCUT2D eigenvalue weighted by atomic mass is 19.1. The Labute approximate surface area is 178 Å². The highest BCUT2D eigenvalue weighted by molar-refractivity contribution is 5.82. The lowest BCUT2D eigenvalue weighted by molar-refractivity contribution is 0.223. The van der Waals surface area contributed by atoms with Crippen molar-refractivity contribution in [1.82, 2.24) is 20.3 Å². The lowest BCUT2D eigenvalue weighted by atomic mass is 10.2. The topological polar surface area (TPSA) is 84.1 Å². The molecule has 3 heterocycles. The minimum atomic E-state index is -0.429. The van der Waals surface area contributed by atoms with E-state index in [0.717, 1.165) is 42.2 Å². The zero-order valence-corrected chi connectivity index (χ0v) is 17.0. The molecule has 3 N–H and O–H groups in total. The molecule has 0 aliphatic carbocycles. The van der Waals surface area contributed by atoms with Crippen LogP contribution in [0.3, 0.4) is 0 Å². The van der Waals surface area contributed by atoms with E-state index in [0.29, 0.717) is 11.3 Å². The minimum absolute atomic E-state index is 0.108. The first kappa shape index (κ1) is 19.3. The number of aryl methyl sites for hydroxylation is 1. The Hall–Kier alpha value is -3.65. The SMILES string of the molecule is Cc1cc2c(F)c(Oc3ccnc(Nc4cccc(O[C@@H]5CCNC5)c4)n3)ccc2[nH]1. The quantitative estimate of drug-likeness (QED) is 0.421. The number of hydrogen-bond acceptors (Lipinski definition) is 6. The van der Waals surface area contributed by atoms with Crippen molar-refractivity contribution in [3.05, 3.63) is 66.2 Å². The van der Waals surface area contributed by atoms with E-state index in [-0.39, 0.29) is 17.7 Å². The highest BCUT2D eigenvalue weighted by Crippen LogP contribution is 2.30. The molecule has 1 atom stereocenters. The average Bonchev–Trinajstić information content (AvgIpc) is 3.40. The predicted octanol–water partition coefficient (Wildman–Crippen LogP) is 4.68. The van der Waals surface area contributed by atoms with Gasteiger partial charge in [0.05, 0.1) is 0 Å². The summed E-state index contributed by atoms with van der Waals surface area (Å²) in [5.74, 6) is 1.05. The van der Waals surface area contributed by atoms with E-state index >= 15 is 0 Å². The number of benzene rings is 2. The Kier molecular flexibility index (Phi) is 5.13. The fourth-order valence-electron chi connectivity index (χ4n) is 3.64. The van der Waals surface area contributed by atoms with Crippen LogP contribution in [0.15, 0.2) is 54.7 Å². The van der Waals surface area contributed by atoms with Crippen molar-refractivity contribution >= 4 is 22.5 Å². The first-order valence-electron chi connectivity index (χ1n) is 10.2. The number of halogens is 1. The van der Waals surface area contributed by atoms with Gasteiger partial charge >= 0.3 is 0 Å². The Morgan fingerprint density at radius 3 is 2.97 bits per heavy atom. The smallest absolute Gasteiger partial charge is 0.230 e. The molecule has 158 valence electrons. The highest BCUT2D eigenvalue weighted by Gasteiger charge is 2.16. The predicted molar refractivity (Wildman–Crippen MR) is 117 cm³/mol. The second-order valence-corrected chi connectivity index (χ2v) is 7.50. The van der Waals surface area contributed by atoms with Crippen molar-refractivity contribution in [1.29, 1.82) is 0 Å². The van der Waals surface area contributed by atoms with Crippen LogP contribution in [0.25, 0.3) is 10.9 Å². The van der Waals surface area contributed by atoms with Crippen molar-refractivity contribution in [2.75, 3.05) is 18.4 Å². The Morgan fingerprint density at radius 1 is 1.16 bits per heavy atom. The van der Waals surface area contributed by atoms with Gasteiger partial charge in [0.25, 0.3) is 0 Å². The van der Waals surface area contributed by atoms with E-state index in [1.807, 2.05) is 31.2 Å². The molecule has 5 rings (SSSR count). The van der Waals surface area contributed by atoms with Crippen molar-refractivity contribution in [3.63, 3.8) is 0 Å². The van der Waals surface area contributed by atoms with E-state index in [4.69, 9.17) is 9.47 Å². The van der Waals surface area contributed by atoms with Gasteiger partial charge in [-0.2, -0.15) is 4.98 Å². The summed E-state index contributed by atoms with van der Waals surface area (Å²) in [6, 6.07) is 14.3. The number of anilines is 2. The third-order valence-corrected chi connectivity index (χ3v) is 5.09. The molecule has 0 unspecified atom stereocenters. The summed E-state index contributed by atoms with van der Waals surface area (Å²) in [6.45, 7) is 3.71. The van der Waals surface area contributed by atoms with Crippen LogP contribution in [-0.4, -0.2) is 34.1 Å². The maximum Gasteiger partial charge on any atom is 0.230 e. The molecular weight excluding hydrogens is 397 g/mol. The summed E-state index contributed by atoms with van der Waals surface area (Å²) in [7, 11) is 0. The largest absolute Gasteiger partial charge is 0.489 e. The molecule has 2 aromatic heterocycles. The second-order valence-electron chi connectivity index (χ2n) is 7.50. The Bertz CT molecular complexity index is 1220. The molecule has 0 saturated carbocycles. The fraction of sp³-hybridized carbons (Fsp3) is 0.217. The van der Waals surface area contributed by atoms with E-state index in [1.54, 1.807) is 30.5 Å². The number of nitrogens with zero attached hydrogens (tertiary/aromatic N) is 2. The van der Waals surface area contributed by atoms with Crippen molar-refractivity contribution < 1.29 is 13.9 Å². The number of H-pyrrole nitrogens is 1. The van der Waals surface area contributed by atoms with Gasteiger partial charge in [-0.15, -0.1) is 0 Å². The van der Waals surface area contributed by atoms with Gasteiger partial charge in [0.2, 0.25) is 11.8 Å². The molecule has 1 saturated heterocycles. The number of fused-ring (bicyclic) bond motifs is 1. The molecule has 4 aromatic rings. The average molecular weight is 419 g/mol.